The Morgan fingerprint density at radius 3 is 2.45 bits per heavy atom. The van der Waals surface area contributed by atoms with E-state index >= 15 is 0 Å². The van der Waals surface area contributed by atoms with Crippen molar-refractivity contribution in [2.75, 3.05) is 12.8 Å². The van der Waals surface area contributed by atoms with E-state index in [1.54, 1.807) is 24.3 Å². The molecule has 11 heavy (non-hydrogen) atoms. The molecule has 1 aromatic rings. The Bertz CT molecular complexity index is 210. The Hall–Kier alpha value is -1.26. The molecule has 3 N–H and O–H groups in total. The monoisotopic (exact) mass is 154 g/mol. The van der Waals surface area contributed by atoms with Crippen molar-refractivity contribution in [1.29, 1.82) is 0 Å². The lowest BCUT2D eigenvalue weighted by Gasteiger charge is -2.03. The van der Waals surface area contributed by atoms with Gasteiger partial charge in [0.2, 0.25) is 0 Å². The van der Waals surface area contributed by atoms with Gasteiger partial charge in [-0.3, -0.25) is 4.84 Å². The Labute approximate surface area is 64.8 Å². The summed E-state index contributed by atoms with van der Waals surface area (Å²) in [5, 5.41) is 0. The third kappa shape index (κ3) is 2.45. The van der Waals surface area contributed by atoms with Crippen LogP contribution in [-0.2, 0) is 4.84 Å². The molecule has 0 radical (unpaired) electrons. The van der Waals surface area contributed by atoms with E-state index in [-0.39, 0.29) is 0 Å². The highest BCUT2D eigenvalue weighted by atomic mass is 16.9. The summed E-state index contributed by atoms with van der Waals surface area (Å²) in [5.74, 6) is 0.654. The number of hydrogen-bond donors (Lipinski definition) is 2. The highest BCUT2D eigenvalue weighted by Gasteiger charge is 1.90. The zero-order valence-corrected chi connectivity index (χ0v) is 6.20. The maximum atomic E-state index is 5.45. The number of hydrogen-bond acceptors (Lipinski definition) is 4. The zero-order chi connectivity index (χ0) is 8.10. The molecule has 0 aliphatic heterocycles. The van der Waals surface area contributed by atoms with Crippen molar-refractivity contribution >= 4 is 5.69 Å². The molecule has 0 atom stereocenters. The topological polar surface area (TPSA) is 56.5 Å². The first kappa shape index (κ1) is 7.84. The summed E-state index contributed by atoms with van der Waals surface area (Å²) in [7, 11) is 1.47. The molecule has 0 saturated heterocycles. The molecule has 0 heterocycles. The molecular formula is C7H10N2O2. The van der Waals surface area contributed by atoms with E-state index in [0.717, 1.165) is 0 Å². The molecule has 1 aromatic carbocycles. The van der Waals surface area contributed by atoms with Gasteiger partial charge in [-0.15, -0.1) is 0 Å². The van der Waals surface area contributed by atoms with Crippen molar-refractivity contribution in [2.45, 2.75) is 0 Å². The molecule has 0 saturated carbocycles. The number of nitrogens with one attached hydrogen (secondary N) is 1. The first-order chi connectivity index (χ1) is 5.33. The minimum atomic E-state index is 0.654. The molecule has 0 aromatic heterocycles. The summed E-state index contributed by atoms with van der Waals surface area (Å²) in [5.41, 5.74) is 8.39. The summed E-state index contributed by atoms with van der Waals surface area (Å²) in [6, 6.07) is 6.96. The van der Waals surface area contributed by atoms with E-state index in [0.29, 0.717) is 11.4 Å². The van der Waals surface area contributed by atoms with Crippen LogP contribution in [0.4, 0.5) is 5.69 Å². The smallest absolute Gasteiger partial charge is 0.150 e. The van der Waals surface area contributed by atoms with Gasteiger partial charge in [0.1, 0.15) is 5.75 Å². The summed E-state index contributed by atoms with van der Waals surface area (Å²) >= 11 is 0. The minimum Gasteiger partial charge on any atom is -0.399 e. The standard InChI is InChI=1S/C7H10N2O2/c1-10-9-11-7-4-2-6(8)3-5-7/h2-5,9H,8H2,1H3. The van der Waals surface area contributed by atoms with E-state index < -0.39 is 0 Å². The summed E-state index contributed by atoms with van der Waals surface area (Å²) in [4.78, 5) is 9.35. The lowest BCUT2D eigenvalue weighted by molar-refractivity contribution is -0.0796. The van der Waals surface area contributed by atoms with Crippen LogP contribution < -0.4 is 16.2 Å². The van der Waals surface area contributed by atoms with E-state index in [1.807, 2.05) is 0 Å². The number of anilines is 1. The Balaban J connectivity index is 2.52. The zero-order valence-electron chi connectivity index (χ0n) is 6.20. The second-order valence-corrected chi connectivity index (χ2v) is 1.96. The van der Waals surface area contributed by atoms with Crippen LogP contribution in [0.3, 0.4) is 0 Å². The van der Waals surface area contributed by atoms with Crippen molar-refractivity contribution in [3.63, 3.8) is 0 Å². The lowest BCUT2D eigenvalue weighted by Crippen LogP contribution is -2.15. The third-order valence-electron chi connectivity index (χ3n) is 1.12. The first-order valence-corrected chi connectivity index (χ1v) is 3.13. The molecule has 60 valence electrons. The highest BCUT2D eigenvalue weighted by molar-refractivity contribution is 5.41. The molecule has 4 heteroatoms. The van der Waals surface area contributed by atoms with E-state index in [1.165, 1.54) is 7.11 Å². The maximum Gasteiger partial charge on any atom is 0.150 e. The van der Waals surface area contributed by atoms with Gasteiger partial charge in [-0.05, 0) is 29.9 Å². The lowest BCUT2D eigenvalue weighted by atomic mass is 10.3. The van der Waals surface area contributed by atoms with Crippen LogP contribution in [0.15, 0.2) is 24.3 Å². The largest absolute Gasteiger partial charge is 0.399 e. The van der Waals surface area contributed by atoms with Crippen molar-refractivity contribution < 1.29 is 9.68 Å². The predicted octanol–water partition coefficient (Wildman–Crippen LogP) is 0.714. The van der Waals surface area contributed by atoms with Crippen LogP contribution in [0, 0.1) is 0 Å². The summed E-state index contributed by atoms with van der Waals surface area (Å²) in [6.45, 7) is 0. The number of nitrogens with two attached hydrogens (primary N) is 1. The van der Waals surface area contributed by atoms with E-state index in [9.17, 15) is 0 Å². The van der Waals surface area contributed by atoms with Gasteiger partial charge in [0.15, 0.2) is 0 Å². The Morgan fingerprint density at radius 1 is 1.27 bits per heavy atom. The fourth-order valence-electron chi connectivity index (χ4n) is 0.626. The second kappa shape index (κ2) is 3.80. The molecule has 0 fully saturated rings. The predicted molar refractivity (Wildman–Crippen MR) is 41.6 cm³/mol. The van der Waals surface area contributed by atoms with Crippen molar-refractivity contribution in [3.05, 3.63) is 24.3 Å². The van der Waals surface area contributed by atoms with E-state index in [2.05, 4.69) is 10.5 Å². The van der Waals surface area contributed by atoms with Crippen molar-refractivity contribution in [1.82, 2.24) is 5.64 Å². The van der Waals surface area contributed by atoms with Crippen LogP contribution in [0.2, 0.25) is 0 Å². The SMILES string of the molecule is CONOc1ccc(N)cc1. The Morgan fingerprint density at radius 2 is 1.91 bits per heavy atom. The van der Waals surface area contributed by atoms with Gasteiger partial charge in [0, 0.05) is 5.69 Å². The van der Waals surface area contributed by atoms with Crippen LogP contribution >= 0.6 is 0 Å². The molecule has 0 bridgehead atoms. The number of rotatable bonds is 3. The van der Waals surface area contributed by atoms with Gasteiger partial charge in [0.05, 0.1) is 7.11 Å². The first-order valence-electron chi connectivity index (χ1n) is 3.13. The van der Waals surface area contributed by atoms with Crippen LogP contribution in [0.5, 0.6) is 5.75 Å². The van der Waals surface area contributed by atoms with Crippen LogP contribution in [0.1, 0.15) is 0 Å². The van der Waals surface area contributed by atoms with Gasteiger partial charge in [-0.25, -0.2) is 0 Å². The van der Waals surface area contributed by atoms with Gasteiger partial charge in [-0.2, -0.15) is 0 Å². The van der Waals surface area contributed by atoms with Gasteiger partial charge in [-0.1, -0.05) is 0 Å². The average molecular weight is 154 g/mol. The molecular weight excluding hydrogens is 144 g/mol. The molecule has 0 aliphatic carbocycles. The Kier molecular flexibility index (Phi) is 2.71. The molecule has 1 rings (SSSR count). The summed E-state index contributed by atoms with van der Waals surface area (Å²) in [6.07, 6.45) is 0. The van der Waals surface area contributed by atoms with Crippen LogP contribution in [-0.4, -0.2) is 7.11 Å². The molecule has 0 spiro atoms. The molecule has 4 nitrogen and oxygen atoms in total. The molecule has 0 unspecified atom stereocenters. The molecule has 0 aliphatic rings. The van der Waals surface area contributed by atoms with Crippen molar-refractivity contribution in [2.24, 2.45) is 0 Å². The highest BCUT2D eigenvalue weighted by Crippen LogP contribution is 2.11. The second-order valence-electron chi connectivity index (χ2n) is 1.96. The maximum absolute atomic E-state index is 5.45. The fourth-order valence-corrected chi connectivity index (χ4v) is 0.626. The average Bonchev–Trinajstić information content (AvgIpc) is 2.04. The van der Waals surface area contributed by atoms with Gasteiger partial charge >= 0.3 is 0 Å². The fraction of sp³-hybridized carbons (Fsp3) is 0.143. The minimum absolute atomic E-state index is 0.654. The number of nitrogen functional groups attached to an aromatic ring is 1. The van der Waals surface area contributed by atoms with Gasteiger partial charge in [0.25, 0.3) is 0 Å². The van der Waals surface area contributed by atoms with E-state index in [4.69, 9.17) is 10.6 Å². The number of benzene rings is 1. The van der Waals surface area contributed by atoms with Crippen molar-refractivity contribution in [3.8, 4) is 5.75 Å². The normalized spacial score (nSPS) is 9.55. The molecule has 0 amide bonds. The summed E-state index contributed by atoms with van der Waals surface area (Å²) < 4.78 is 0. The van der Waals surface area contributed by atoms with Gasteiger partial charge < -0.3 is 10.6 Å². The van der Waals surface area contributed by atoms with Crippen LogP contribution in [0.25, 0.3) is 0 Å². The third-order valence-corrected chi connectivity index (χ3v) is 1.12. The quantitative estimate of drug-likeness (QED) is 0.497.